The van der Waals surface area contributed by atoms with E-state index in [0.717, 1.165) is 42.7 Å². The highest BCUT2D eigenvalue weighted by Crippen LogP contribution is 2.24. The van der Waals surface area contributed by atoms with Crippen LogP contribution in [0.15, 0.2) is 24.4 Å². The number of carbonyl (C=O) groups excluding carboxylic acids is 1. The van der Waals surface area contributed by atoms with Crippen molar-refractivity contribution in [1.82, 2.24) is 14.9 Å². The molecule has 0 atom stereocenters. The van der Waals surface area contributed by atoms with E-state index in [-0.39, 0.29) is 5.91 Å². The summed E-state index contributed by atoms with van der Waals surface area (Å²) >= 11 is 0. The monoisotopic (exact) mass is 340 g/mol. The first-order valence-corrected chi connectivity index (χ1v) is 8.93. The van der Waals surface area contributed by atoms with Crippen LogP contribution in [0.1, 0.15) is 53.9 Å². The fourth-order valence-electron chi connectivity index (χ4n) is 3.04. The average molecular weight is 340 g/mol. The minimum atomic E-state index is -0.0356. The van der Waals surface area contributed by atoms with Gasteiger partial charge in [-0.3, -0.25) is 4.79 Å². The maximum atomic E-state index is 12.7. The van der Waals surface area contributed by atoms with E-state index < -0.39 is 0 Å². The van der Waals surface area contributed by atoms with E-state index in [1.807, 2.05) is 4.90 Å². The van der Waals surface area contributed by atoms with Gasteiger partial charge in [-0.05, 0) is 50.8 Å². The third kappa shape index (κ3) is 4.78. The minimum Gasteiger partial charge on any atom is -0.337 e. The molecule has 5 nitrogen and oxygen atoms in total. The maximum absolute atomic E-state index is 12.7. The molecular formula is C20H28N4O. The molecule has 0 bridgehead atoms. The van der Waals surface area contributed by atoms with Crippen LogP contribution < -0.4 is 5.32 Å². The first-order chi connectivity index (χ1) is 12.0. The first-order valence-electron chi connectivity index (χ1n) is 8.93. The van der Waals surface area contributed by atoms with E-state index >= 15 is 0 Å². The number of aromatic nitrogens is 2. The molecule has 0 saturated heterocycles. The van der Waals surface area contributed by atoms with Crippen molar-refractivity contribution in [2.75, 3.05) is 18.4 Å². The molecule has 134 valence electrons. The third-order valence-corrected chi connectivity index (χ3v) is 4.06. The topological polar surface area (TPSA) is 58.1 Å². The Morgan fingerprint density at radius 3 is 2.24 bits per heavy atom. The van der Waals surface area contributed by atoms with E-state index in [9.17, 15) is 4.79 Å². The molecule has 0 radical (unpaired) electrons. The lowest BCUT2D eigenvalue weighted by Gasteiger charge is -2.21. The molecule has 2 rings (SSSR count). The van der Waals surface area contributed by atoms with Gasteiger partial charge < -0.3 is 10.2 Å². The zero-order chi connectivity index (χ0) is 18.4. The van der Waals surface area contributed by atoms with E-state index in [2.05, 4.69) is 62.0 Å². The van der Waals surface area contributed by atoms with Gasteiger partial charge in [-0.1, -0.05) is 31.5 Å². The van der Waals surface area contributed by atoms with Gasteiger partial charge in [0.05, 0.1) is 0 Å². The highest BCUT2D eigenvalue weighted by Gasteiger charge is 2.16. The lowest BCUT2D eigenvalue weighted by atomic mass is 10.1. The SMILES string of the molecule is CCCN(CCC)C(=O)c1ccnc(Nc2c(C)cc(C)cc2C)n1. The predicted molar refractivity (Wildman–Crippen MR) is 102 cm³/mol. The fraction of sp³-hybridized carbons (Fsp3) is 0.450. The number of hydrogen-bond acceptors (Lipinski definition) is 4. The van der Waals surface area contributed by atoms with Gasteiger partial charge in [-0.15, -0.1) is 0 Å². The second-order valence-corrected chi connectivity index (χ2v) is 6.46. The zero-order valence-electron chi connectivity index (χ0n) is 15.9. The molecule has 0 aliphatic carbocycles. The molecule has 0 aliphatic heterocycles. The number of rotatable bonds is 7. The molecule has 5 heteroatoms. The zero-order valence-corrected chi connectivity index (χ0v) is 15.9. The van der Waals surface area contributed by atoms with Gasteiger partial charge in [0.2, 0.25) is 5.95 Å². The molecule has 0 fully saturated rings. The largest absolute Gasteiger partial charge is 0.337 e. The molecule has 1 amide bonds. The summed E-state index contributed by atoms with van der Waals surface area (Å²) < 4.78 is 0. The quantitative estimate of drug-likeness (QED) is 0.811. The Morgan fingerprint density at radius 2 is 1.68 bits per heavy atom. The van der Waals surface area contributed by atoms with Crippen LogP contribution in [0.5, 0.6) is 0 Å². The molecule has 2 aromatic rings. The molecule has 1 aromatic carbocycles. The van der Waals surface area contributed by atoms with Crippen LogP contribution in [0.25, 0.3) is 0 Å². The second kappa shape index (κ2) is 8.60. The van der Waals surface area contributed by atoms with Gasteiger partial charge in [-0.25, -0.2) is 9.97 Å². The second-order valence-electron chi connectivity index (χ2n) is 6.46. The summed E-state index contributed by atoms with van der Waals surface area (Å²) in [6.45, 7) is 11.8. The lowest BCUT2D eigenvalue weighted by Crippen LogP contribution is -2.33. The number of nitrogens with zero attached hydrogens (tertiary/aromatic N) is 3. The third-order valence-electron chi connectivity index (χ3n) is 4.06. The van der Waals surface area contributed by atoms with Crippen LogP contribution in [0.2, 0.25) is 0 Å². The smallest absolute Gasteiger partial charge is 0.272 e. The number of anilines is 2. The minimum absolute atomic E-state index is 0.0356. The van der Waals surface area contributed by atoms with Gasteiger partial charge in [0.15, 0.2) is 0 Å². The number of hydrogen-bond donors (Lipinski definition) is 1. The first kappa shape index (κ1) is 18.9. The van der Waals surface area contributed by atoms with E-state index in [4.69, 9.17) is 0 Å². The van der Waals surface area contributed by atoms with Crippen LogP contribution in [0.3, 0.4) is 0 Å². The number of carbonyl (C=O) groups is 1. The summed E-state index contributed by atoms with van der Waals surface area (Å²) in [5.41, 5.74) is 4.92. The Hall–Kier alpha value is -2.43. The van der Waals surface area contributed by atoms with Crippen LogP contribution in [-0.4, -0.2) is 33.9 Å². The van der Waals surface area contributed by atoms with Crippen LogP contribution in [0.4, 0.5) is 11.6 Å². The summed E-state index contributed by atoms with van der Waals surface area (Å²) in [5.74, 6) is 0.417. The Bertz CT molecular complexity index is 713. The maximum Gasteiger partial charge on any atom is 0.272 e. The van der Waals surface area contributed by atoms with Crippen LogP contribution in [-0.2, 0) is 0 Å². The van der Waals surface area contributed by atoms with Crippen LogP contribution in [0, 0.1) is 20.8 Å². The van der Waals surface area contributed by atoms with Gasteiger partial charge in [0, 0.05) is 25.0 Å². The number of nitrogens with one attached hydrogen (secondary N) is 1. The molecule has 0 unspecified atom stereocenters. The number of amides is 1. The molecular weight excluding hydrogens is 312 g/mol. The lowest BCUT2D eigenvalue weighted by molar-refractivity contribution is 0.0749. The fourth-order valence-corrected chi connectivity index (χ4v) is 3.04. The Kier molecular flexibility index (Phi) is 6.51. The molecule has 1 heterocycles. The van der Waals surface area contributed by atoms with Crippen molar-refractivity contribution < 1.29 is 4.79 Å². The van der Waals surface area contributed by atoms with Gasteiger partial charge in [-0.2, -0.15) is 0 Å². The van der Waals surface area contributed by atoms with Gasteiger partial charge >= 0.3 is 0 Å². The van der Waals surface area contributed by atoms with Crippen molar-refractivity contribution in [1.29, 1.82) is 0 Å². The molecule has 0 saturated carbocycles. The summed E-state index contributed by atoms with van der Waals surface area (Å²) in [4.78, 5) is 23.3. The molecule has 25 heavy (non-hydrogen) atoms. The molecule has 0 spiro atoms. The molecule has 1 N–H and O–H groups in total. The van der Waals surface area contributed by atoms with Crippen molar-refractivity contribution >= 4 is 17.5 Å². The van der Waals surface area contributed by atoms with E-state index in [0.29, 0.717) is 11.6 Å². The average Bonchev–Trinajstić information content (AvgIpc) is 2.57. The van der Waals surface area contributed by atoms with Crippen molar-refractivity contribution in [2.45, 2.75) is 47.5 Å². The van der Waals surface area contributed by atoms with Crippen LogP contribution >= 0.6 is 0 Å². The predicted octanol–water partition coefficient (Wildman–Crippen LogP) is 4.41. The van der Waals surface area contributed by atoms with Crippen molar-refractivity contribution in [3.05, 3.63) is 46.8 Å². The highest BCUT2D eigenvalue weighted by atomic mass is 16.2. The molecule has 1 aromatic heterocycles. The van der Waals surface area contributed by atoms with E-state index in [1.165, 1.54) is 5.56 Å². The Labute approximate surface area is 150 Å². The summed E-state index contributed by atoms with van der Waals surface area (Å²) in [5, 5.41) is 3.27. The van der Waals surface area contributed by atoms with Gasteiger partial charge in [0.1, 0.15) is 5.69 Å². The van der Waals surface area contributed by atoms with Crippen molar-refractivity contribution in [3.63, 3.8) is 0 Å². The number of benzene rings is 1. The van der Waals surface area contributed by atoms with Crippen molar-refractivity contribution in [3.8, 4) is 0 Å². The summed E-state index contributed by atoms with van der Waals surface area (Å²) in [6.07, 6.45) is 3.50. The standard InChI is InChI=1S/C20H28N4O/c1-6-10-24(11-7-2)19(25)17-8-9-21-20(22-17)23-18-15(4)12-14(3)13-16(18)5/h8-9,12-13H,6-7,10-11H2,1-5H3,(H,21,22,23). The molecule has 0 aliphatic rings. The van der Waals surface area contributed by atoms with Gasteiger partial charge in [0.25, 0.3) is 5.91 Å². The number of aryl methyl sites for hydroxylation is 3. The summed E-state index contributed by atoms with van der Waals surface area (Å²) in [6, 6.07) is 5.92. The highest BCUT2D eigenvalue weighted by molar-refractivity contribution is 5.92. The Balaban J connectivity index is 2.25. The van der Waals surface area contributed by atoms with Crippen molar-refractivity contribution in [2.24, 2.45) is 0 Å². The normalized spacial score (nSPS) is 10.6. The summed E-state index contributed by atoms with van der Waals surface area (Å²) in [7, 11) is 0. The van der Waals surface area contributed by atoms with E-state index in [1.54, 1.807) is 12.3 Å². The Morgan fingerprint density at radius 1 is 1.08 bits per heavy atom.